The summed E-state index contributed by atoms with van der Waals surface area (Å²) in [4.78, 5) is 0. The Morgan fingerprint density at radius 2 is 1.50 bits per heavy atom. The molecule has 0 aliphatic rings. The maximum Gasteiger partial charge on any atom is 0.204 e. The fraction of sp³-hybridized carbons (Fsp3) is 0.250. The third kappa shape index (κ3) is 1.69. The molecule has 1 aromatic carbocycles. The van der Waals surface area contributed by atoms with E-state index in [1.54, 1.807) is 0 Å². The molecule has 1 aromatic rings. The molecule has 0 fully saturated rings. The Bertz CT molecular complexity index is 338. The van der Waals surface area contributed by atoms with Crippen molar-refractivity contribution in [2.75, 3.05) is 6.35 Å². The van der Waals surface area contributed by atoms with Crippen LogP contribution in [0, 0.1) is 30.2 Å². The van der Waals surface area contributed by atoms with Crippen LogP contribution in [0.2, 0.25) is 0 Å². The van der Waals surface area contributed by atoms with Crippen molar-refractivity contribution in [2.24, 2.45) is 0 Å². The molecule has 0 aromatic heterocycles. The summed E-state index contributed by atoms with van der Waals surface area (Å²) in [6.45, 7) is 1.11. The summed E-state index contributed by atoms with van der Waals surface area (Å²) in [5.41, 5.74) is -0.385. The average molecular weight is 226 g/mol. The van der Waals surface area contributed by atoms with Gasteiger partial charge in [-0.3, -0.25) is 0 Å². The lowest BCUT2D eigenvalue weighted by molar-refractivity contribution is 0.330. The first-order valence-electron chi connectivity index (χ1n) is 3.66. The van der Waals surface area contributed by atoms with E-state index < -0.39 is 29.0 Å². The second-order valence-corrected chi connectivity index (χ2v) is 2.85. The normalized spacial score (nSPS) is 10.4. The zero-order valence-electron chi connectivity index (χ0n) is 7.20. The Kier molecular flexibility index (Phi) is 3.32. The Morgan fingerprint density at radius 3 is 2.00 bits per heavy atom. The molecule has 0 N–H and O–H groups in total. The largest absolute Gasteiger partial charge is 0.486 e. The molecule has 1 atom stereocenters. The van der Waals surface area contributed by atoms with Crippen LogP contribution in [-0.4, -0.2) is 6.35 Å². The van der Waals surface area contributed by atoms with E-state index in [1.807, 2.05) is 0 Å². The highest BCUT2D eigenvalue weighted by atomic mass is 31.0. The molecule has 6 heteroatoms. The van der Waals surface area contributed by atoms with Gasteiger partial charge in [0, 0.05) is 5.56 Å². The monoisotopic (exact) mass is 226 g/mol. The number of halogens is 4. The lowest BCUT2D eigenvalue weighted by Gasteiger charge is -2.10. The van der Waals surface area contributed by atoms with E-state index in [1.165, 1.54) is 0 Å². The Morgan fingerprint density at radius 1 is 1.00 bits per heavy atom. The minimum Gasteiger partial charge on any atom is -0.486 e. The number of hydrogen-bond donors (Lipinski definition) is 0. The molecule has 1 nitrogen and oxygen atoms in total. The van der Waals surface area contributed by atoms with Gasteiger partial charge in [0.2, 0.25) is 11.6 Å². The van der Waals surface area contributed by atoms with E-state index in [2.05, 4.69) is 14.0 Å². The van der Waals surface area contributed by atoms with Crippen molar-refractivity contribution in [3.63, 3.8) is 0 Å². The van der Waals surface area contributed by atoms with Crippen molar-refractivity contribution in [3.8, 4) is 5.75 Å². The second kappa shape index (κ2) is 4.13. The van der Waals surface area contributed by atoms with Crippen molar-refractivity contribution < 1.29 is 22.3 Å². The van der Waals surface area contributed by atoms with Gasteiger partial charge in [-0.1, -0.05) is 9.24 Å². The summed E-state index contributed by atoms with van der Waals surface area (Å²) >= 11 is 0. The van der Waals surface area contributed by atoms with Crippen LogP contribution in [0.5, 0.6) is 5.75 Å². The van der Waals surface area contributed by atoms with Crippen LogP contribution in [-0.2, 0) is 0 Å². The van der Waals surface area contributed by atoms with Crippen LogP contribution in [0.15, 0.2) is 0 Å². The first kappa shape index (κ1) is 11.2. The molecule has 1 rings (SSSR count). The summed E-state index contributed by atoms with van der Waals surface area (Å²) in [6, 6.07) is 0. The molecule has 0 aliphatic carbocycles. The highest BCUT2D eigenvalue weighted by Gasteiger charge is 2.23. The predicted molar refractivity (Wildman–Crippen MR) is 46.2 cm³/mol. The first-order valence-corrected chi connectivity index (χ1v) is 4.47. The Labute approximate surface area is 80.3 Å². The van der Waals surface area contributed by atoms with Gasteiger partial charge >= 0.3 is 0 Å². The highest BCUT2D eigenvalue weighted by molar-refractivity contribution is 7.16. The first-order chi connectivity index (χ1) is 6.50. The molecule has 0 radical (unpaired) electrons. The third-order valence-corrected chi connectivity index (χ3v) is 1.84. The van der Waals surface area contributed by atoms with Gasteiger partial charge in [0.25, 0.3) is 0 Å². The molecule has 0 aliphatic heterocycles. The molecule has 0 amide bonds. The lowest BCUT2D eigenvalue weighted by Crippen LogP contribution is -2.04. The maximum absolute atomic E-state index is 13.0. The van der Waals surface area contributed by atoms with Crippen molar-refractivity contribution in [1.82, 2.24) is 0 Å². The minimum absolute atomic E-state index is 0.0394. The Hall–Kier alpha value is -0.830. The van der Waals surface area contributed by atoms with E-state index in [-0.39, 0.29) is 11.9 Å². The predicted octanol–water partition coefficient (Wildman–Crippen LogP) is 2.76. The van der Waals surface area contributed by atoms with Crippen LogP contribution >= 0.6 is 9.24 Å². The van der Waals surface area contributed by atoms with E-state index in [4.69, 9.17) is 0 Å². The second-order valence-electron chi connectivity index (χ2n) is 2.52. The number of ether oxygens (including phenoxy) is 1. The van der Waals surface area contributed by atoms with Gasteiger partial charge in [0.1, 0.15) is 6.35 Å². The zero-order valence-corrected chi connectivity index (χ0v) is 8.36. The van der Waals surface area contributed by atoms with Gasteiger partial charge in [-0.05, 0) is 6.92 Å². The highest BCUT2D eigenvalue weighted by Crippen LogP contribution is 2.29. The number of rotatable bonds is 2. The molecule has 1 unspecified atom stereocenters. The van der Waals surface area contributed by atoms with Gasteiger partial charge < -0.3 is 4.74 Å². The zero-order chi connectivity index (χ0) is 10.9. The molecule has 0 spiro atoms. The molecule has 0 heterocycles. The average Bonchev–Trinajstić information content (AvgIpc) is 2.19. The topological polar surface area (TPSA) is 9.23 Å². The van der Waals surface area contributed by atoms with Gasteiger partial charge in [-0.15, -0.1) is 0 Å². The van der Waals surface area contributed by atoms with Gasteiger partial charge in [-0.25, -0.2) is 13.2 Å². The van der Waals surface area contributed by atoms with Crippen LogP contribution in [0.25, 0.3) is 0 Å². The summed E-state index contributed by atoms with van der Waals surface area (Å²) in [5.74, 6) is -7.23. The Balaban J connectivity index is 3.43. The van der Waals surface area contributed by atoms with Crippen molar-refractivity contribution in [3.05, 3.63) is 28.8 Å². The SMILES string of the molecule is Cc1c(F)c(F)c(F)c(F)c1OCP. The number of benzene rings is 1. The summed E-state index contributed by atoms with van der Waals surface area (Å²) in [5, 5.41) is 0. The minimum atomic E-state index is -1.86. The van der Waals surface area contributed by atoms with Crippen molar-refractivity contribution in [2.45, 2.75) is 6.92 Å². The molecular formula is C8H7F4OP. The van der Waals surface area contributed by atoms with Crippen molar-refractivity contribution in [1.29, 1.82) is 0 Å². The maximum atomic E-state index is 13.0. The molecule has 78 valence electrons. The van der Waals surface area contributed by atoms with E-state index in [0.29, 0.717) is 0 Å². The molecule has 0 bridgehead atoms. The van der Waals surface area contributed by atoms with E-state index >= 15 is 0 Å². The van der Waals surface area contributed by atoms with Crippen LogP contribution in [0.4, 0.5) is 17.6 Å². The van der Waals surface area contributed by atoms with Crippen LogP contribution in [0.3, 0.4) is 0 Å². The van der Waals surface area contributed by atoms with E-state index in [0.717, 1.165) is 6.92 Å². The lowest BCUT2D eigenvalue weighted by atomic mass is 10.2. The summed E-state index contributed by atoms with van der Waals surface area (Å²) < 4.78 is 55.8. The molecular weight excluding hydrogens is 219 g/mol. The molecule has 0 saturated heterocycles. The summed E-state index contributed by atoms with van der Waals surface area (Å²) in [7, 11) is 2.09. The standard InChI is InChI=1S/C8H7F4OP/c1-3-4(9)5(10)6(11)7(12)8(3)13-2-14/h2,14H2,1H3. The van der Waals surface area contributed by atoms with E-state index in [9.17, 15) is 17.6 Å². The van der Waals surface area contributed by atoms with Crippen LogP contribution < -0.4 is 4.74 Å². The summed E-state index contributed by atoms with van der Waals surface area (Å²) in [6.07, 6.45) is -0.0394. The number of hydrogen-bond acceptors (Lipinski definition) is 1. The van der Waals surface area contributed by atoms with Crippen molar-refractivity contribution >= 4 is 9.24 Å². The quantitative estimate of drug-likeness (QED) is 0.326. The third-order valence-electron chi connectivity index (χ3n) is 1.67. The fourth-order valence-electron chi connectivity index (χ4n) is 0.976. The smallest absolute Gasteiger partial charge is 0.204 e. The van der Waals surface area contributed by atoms with Gasteiger partial charge in [0.15, 0.2) is 17.4 Å². The molecule has 14 heavy (non-hydrogen) atoms. The van der Waals surface area contributed by atoms with Crippen LogP contribution in [0.1, 0.15) is 5.56 Å². The fourth-order valence-corrected chi connectivity index (χ4v) is 1.14. The van der Waals surface area contributed by atoms with Gasteiger partial charge in [-0.2, -0.15) is 4.39 Å². The van der Waals surface area contributed by atoms with Gasteiger partial charge in [0.05, 0.1) is 0 Å². The molecule has 0 saturated carbocycles.